The van der Waals surface area contributed by atoms with Gasteiger partial charge in [-0.3, -0.25) is 9.59 Å². The fourth-order valence-electron chi connectivity index (χ4n) is 2.18. The van der Waals surface area contributed by atoms with E-state index in [1.807, 2.05) is 24.3 Å². The molecule has 0 aliphatic carbocycles. The number of hydrogen-bond donors (Lipinski definition) is 1. The van der Waals surface area contributed by atoms with Crippen LogP contribution in [0, 0.1) is 5.82 Å². The van der Waals surface area contributed by atoms with Gasteiger partial charge in [-0.2, -0.15) is 0 Å². The lowest BCUT2D eigenvalue weighted by Crippen LogP contribution is -2.21. The minimum absolute atomic E-state index is 0.0189. The number of halogens is 1. The standard InChI is InChI=1S/C19H20FNO2S/c1-14(22)21-12-2-3-15-4-6-16(7-5-15)19(23)13-24-18-10-8-17(20)9-11-18/h4-11H,2-3,12-13H2,1H3,(H,21,22). The van der Waals surface area contributed by atoms with Gasteiger partial charge in [-0.05, 0) is 42.7 Å². The molecule has 126 valence electrons. The molecule has 2 aromatic rings. The second-order valence-electron chi connectivity index (χ2n) is 5.45. The lowest BCUT2D eigenvalue weighted by atomic mass is 10.1. The van der Waals surface area contributed by atoms with Gasteiger partial charge < -0.3 is 5.32 Å². The molecular weight excluding hydrogens is 325 g/mol. The molecular formula is C19H20FNO2S. The molecule has 5 heteroatoms. The third-order valence-electron chi connectivity index (χ3n) is 3.48. The van der Waals surface area contributed by atoms with Gasteiger partial charge in [0.05, 0.1) is 5.75 Å². The molecule has 0 radical (unpaired) electrons. The Balaban J connectivity index is 1.80. The van der Waals surface area contributed by atoms with Gasteiger partial charge in [0.15, 0.2) is 5.78 Å². The number of thioether (sulfide) groups is 1. The predicted molar refractivity (Wildman–Crippen MR) is 94.9 cm³/mol. The summed E-state index contributed by atoms with van der Waals surface area (Å²) in [5.74, 6) is 0.0801. The number of benzene rings is 2. The molecule has 0 spiro atoms. The maximum absolute atomic E-state index is 12.8. The third-order valence-corrected chi connectivity index (χ3v) is 4.49. The maximum Gasteiger partial charge on any atom is 0.216 e. The normalized spacial score (nSPS) is 10.4. The zero-order valence-electron chi connectivity index (χ0n) is 13.5. The van der Waals surface area contributed by atoms with Crippen molar-refractivity contribution in [2.45, 2.75) is 24.7 Å². The van der Waals surface area contributed by atoms with Crippen LogP contribution in [0.25, 0.3) is 0 Å². The fraction of sp³-hybridized carbons (Fsp3) is 0.263. The summed E-state index contributed by atoms with van der Waals surface area (Å²) >= 11 is 1.40. The molecule has 0 heterocycles. The summed E-state index contributed by atoms with van der Waals surface area (Å²) in [6.07, 6.45) is 1.73. The Morgan fingerprint density at radius 2 is 1.71 bits per heavy atom. The molecule has 0 aromatic heterocycles. The highest BCUT2D eigenvalue weighted by Gasteiger charge is 2.07. The summed E-state index contributed by atoms with van der Waals surface area (Å²) in [4.78, 5) is 23.8. The zero-order chi connectivity index (χ0) is 17.4. The minimum Gasteiger partial charge on any atom is -0.356 e. The molecule has 1 amide bonds. The monoisotopic (exact) mass is 345 g/mol. The van der Waals surface area contributed by atoms with E-state index in [1.165, 1.54) is 30.8 Å². The van der Waals surface area contributed by atoms with Crippen molar-refractivity contribution in [1.82, 2.24) is 5.32 Å². The van der Waals surface area contributed by atoms with Gasteiger partial charge in [-0.25, -0.2) is 4.39 Å². The van der Waals surface area contributed by atoms with E-state index in [9.17, 15) is 14.0 Å². The largest absolute Gasteiger partial charge is 0.356 e. The number of hydrogen-bond acceptors (Lipinski definition) is 3. The molecule has 0 bridgehead atoms. The van der Waals surface area contributed by atoms with Crippen LogP contribution in [0.1, 0.15) is 29.3 Å². The second kappa shape index (κ2) is 9.23. The van der Waals surface area contributed by atoms with Gasteiger partial charge in [0.1, 0.15) is 5.82 Å². The molecule has 0 unspecified atom stereocenters. The van der Waals surface area contributed by atoms with Gasteiger partial charge in [0.25, 0.3) is 0 Å². The van der Waals surface area contributed by atoms with E-state index < -0.39 is 0 Å². The van der Waals surface area contributed by atoms with Crippen molar-refractivity contribution in [2.75, 3.05) is 12.3 Å². The number of rotatable bonds is 8. The van der Waals surface area contributed by atoms with Crippen molar-refractivity contribution in [1.29, 1.82) is 0 Å². The van der Waals surface area contributed by atoms with Crippen molar-refractivity contribution in [3.63, 3.8) is 0 Å². The van der Waals surface area contributed by atoms with Crippen LogP contribution < -0.4 is 5.32 Å². The first-order valence-corrected chi connectivity index (χ1v) is 8.78. The highest BCUT2D eigenvalue weighted by molar-refractivity contribution is 8.00. The average Bonchev–Trinajstić information content (AvgIpc) is 2.58. The minimum atomic E-state index is -0.278. The van der Waals surface area contributed by atoms with E-state index in [1.54, 1.807) is 12.1 Å². The van der Waals surface area contributed by atoms with Crippen LogP contribution in [-0.4, -0.2) is 24.0 Å². The van der Waals surface area contributed by atoms with Crippen LogP contribution in [0.4, 0.5) is 4.39 Å². The van der Waals surface area contributed by atoms with Gasteiger partial charge in [0.2, 0.25) is 5.91 Å². The lowest BCUT2D eigenvalue weighted by molar-refractivity contribution is -0.118. The summed E-state index contributed by atoms with van der Waals surface area (Å²) in [6, 6.07) is 13.7. The van der Waals surface area contributed by atoms with Crippen molar-refractivity contribution in [3.8, 4) is 0 Å². The van der Waals surface area contributed by atoms with Gasteiger partial charge in [-0.15, -0.1) is 11.8 Å². The van der Waals surface area contributed by atoms with Crippen LogP contribution in [0.15, 0.2) is 53.4 Å². The second-order valence-corrected chi connectivity index (χ2v) is 6.50. The van der Waals surface area contributed by atoms with Crippen LogP contribution in [0.3, 0.4) is 0 Å². The summed E-state index contributed by atoms with van der Waals surface area (Å²) in [6.45, 7) is 2.16. The molecule has 0 aliphatic rings. The van der Waals surface area contributed by atoms with E-state index in [0.717, 1.165) is 23.3 Å². The number of Topliss-reactive ketones (excluding diaryl/α,β-unsaturated/α-hetero) is 1. The molecule has 2 rings (SSSR count). The molecule has 0 aliphatic heterocycles. The van der Waals surface area contributed by atoms with Crippen LogP contribution in [0.5, 0.6) is 0 Å². The highest BCUT2D eigenvalue weighted by Crippen LogP contribution is 2.19. The molecule has 0 atom stereocenters. The summed E-state index contributed by atoms with van der Waals surface area (Å²) in [5.41, 5.74) is 1.82. The Morgan fingerprint density at radius 3 is 2.33 bits per heavy atom. The van der Waals surface area contributed by atoms with Gasteiger partial charge in [-0.1, -0.05) is 24.3 Å². The SMILES string of the molecule is CC(=O)NCCCc1ccc(C(=O)CSc2ccc(F)cc2)cc1. The number of carbonyl (C=O) groups excluding carboxylic acids is 2. The molecule has 0 fully saturated rings. The summed E-state index contributed by atoms with van der Waals surface area (Å²) in [7, 11) is 0. The molecule has 0 saturated heterocycles. The highest BCUT2D eigenvalue weighted by atomic mass is 32.2. The average molecular weight is 345 g/mol. The first kappa shape index (κ1) is 18.2. The Hall–Kier alpha value is -2.14. The van der Waals surface area contributed by atoms with E-state index in [2.05, 4.69) is 5.32 Å². The molecule has 3 nitrogen and oxygen atoms in total. The molecule has 0 saturated carbocycles. The maximum atomic E-state index is 12.8. The first-order chi connectivity index (χ1) is 11.5. The van der Waals surface area contributed by atoms with Crippen LogP contribution in [-0.2, 0) is 11.2 Å². The topological polar surface area (TPSA) is 46.2 Å². The van der Waals surface area contributed by atoms with Crippen molar-refractivity contribution in [3.05, 3.63) is 65.5 Å². The van der Waals surface area contributed by atoms with Crippen molar-refractivity contribution < 1.29 is 14.0 Å². The number of ketones is 1. The predicted octanol–water partition coefficient (Wildman–Crippen LogP) is 3.87. The zero-order valence-corrected chi connectivity index (χ0v) is 14.4. The van der Waals surface area contributed by atoms with Crippen molar-refractivity contribution >= 4 is 23.5 Å². The van der Waals surface area contributed by atoms with Gasteiger partial charge in [0, 0.05) is 23.9 Å². The molecule has 1 N–H and O–H groups in total. The summed E-state index contributed by atoms with van der Waals surface area (Å²) < 4.78 is 12.8. The Morgan fingerprint density at radius 1 is 1.04 bits per heavy atom. The quantitative estimate of drug-likeness (QED) is 0.449. The molecule has 24 heavy (non-hydrogen) atoms. The Labute approximate surface area is 145 Å². The van der Waals surface area contributed by atoms with E-state index in [4.69, 9.17) is 0 Å². The number of carbonyl (C=O) groups is 2. The van der Waals surface area contributed by atoms with Gasteiger partial charge >= 0.3 is 0 Å². The number of aryl methyl sites for hydroxylation is 1. The van der Waals surface area contributed by atoms with Crippen LogP contribution in [0.2, 0.25) is 0 Å². The van der Waals surface area contributed by atoms with E-state index in [0.29, 0.717) is 17.9 Å². The number of nitrogens with one attached hydrogen (secondary N) is 1. The summed E-state index contributed by atoms with van der Waals surface area (Å²) in [5, 5.41) is 2.76. The van der Waals surface area contributed by atoms with Crippen molar-refractivity contribution in [2.24, 2.45) is 0 Å². The smallest absolute Gasteiger partial charge is 0.216 e. The fourth-order valence-corrected chi connectivity index (χ4v) is 2.97. The third kappa shape index (κ3) is 6.16. The van der Waals surface area contributed by atoms with E-state index >= 15 is 0 Å². The van der Waals surface area contributed by atoms with Crippen LogP contribution >= 0.6 is 11.8 Å². The number of amides is 1. The Bertz CT molecular complexity index is 684. The molecule has 2 aromatic carbocycles. The lowest BCUT2D eigenvalue weighted by Gasteiger charge is -2.05. The van der Waals surface area contributed by atoms with E-state index in [-0.39, 0.29) is 17.5 Å². The first-order valence-electron chi connectivity index (χ1n) is 7.79. The Kier molecular flexibility index (Phi) is 7.00.